The summed E-state index contributed by atoms with van der Waals surface area (Å²) >= 11 is 6.39. The highest BCUT2D eigenvalue weighted by atomic mass is 35.5. The highest BCUT2D eigenvalue weighted by molar-refractivity contribution is 6.32. The number of benzene rings is 2. The lowest BCUT2D eigenvalue weighted by Crippen LogP contribution is -2.44. The molecular formula is C25H23ClN8O. The van der Waals surface area contributed by atoms with Crippen LogP contribution in [0.25, 0.3) is 22.5 Å². The van der Waals surface area contributed by atoms with E-state index in [1.807, 2.05) is 24.3 Å². The molecule has 0 atom stereocenters. The van der Waals surface area contributed by atoms with Crippen LogP contribution in [-0.4, -0.2) is 62.0 Å². The second kappa shape index (κ2) is 8.68. The number of rotatable bonds is 4. The van der Waals surface area contributed by atoms with Crippen LogP contribution in [0.5, 0.6) is 0 Å². The molecule has 0 amide bonds. The third-order valence-corrected chi connectivity index (χ3v) is 6.66. The number of nitrogens with one attached hydrogen (secondary N) is 1. The number of halogens is 1. The van der Waals surface area contributed by atoms with Gasteiger partial charge < -0.3 is 15.1 Å². The highest BCUT2D eigenvalue weighted by Gasteiger charge is 2.17. The van der Waals surface area contributed by atoms with Crippen LogP contribution in [0.15, 0.2) is 71.9 Å². The lowest BCUT2D eigenvalue weighted by molar-refractivity contribution is 0.313. The molecule has 1 saturated heterocycles. The molecule has 5 aromatic rings. The summed E-state index contributed by atoms with van der Waals surface area (Å²) in [5, 5.41) is 4.08. The second-order valence-electron chi connectivity index (χ2n) is 8.58. The third-order valence-electron chi connectivity index (χ3n) is 6.34. The Hall–Kier alpha value is -3.95. The molecular weight excluding hydrogens is 464 g/mol. The van der Waals surface area contributed by atoms with Crippen LogP contribution >= 0.6 is 11.6 Å². The van der Waals surface area contributed by atoms with E-state index >= 15 is 0 Å². The zero-order valence-electron chi connectivity index (χ0n) is 19.1. The Kier molecular flexibility index (Phi) is 5.35. The van der Waals surface area contributed by atoms with Gasteiger partial charge in [-0.05, 0) is 43.4 Å². The Morgan fingerprint density at radius 3 is 2.51 bits per heavy atom. The fourth-order valence-electron chi connectivity index (χ4n) is 4.40. The van der Waals surface area contributed by atoms with Gasteiger partial charge in [-0.25, -0.2) is 14.5 Å². The van der Waals surface area contributed by atoms with E-state index in [1.54, 1.807) is 35.1 Å². The fourth-order valence-corrected chi connectivity index (χ4v) is 4.62. The van der Waals surface area contributed by atoms with E-state index in [4.69, 9.17) is 11.6 Å². The van der Waals surface area contributed by atoms with E-state index in [2.05, 4.69) is 49.2 Å². The maximum atomic E-state index is 13.4. The highest BCUT2D eigenvalue weighted by Crippen LogP contribution is 2.24. The van der Waals surface area contributed by atoms with Crippen molar-refractivity contribution in [3.8, 4) is 5.69 Å². The van der Waals surface area contributed by atoms with E-state index in [0.717, 1.165) is 31.9 Å². The zero-order chi connectivity index (χ0) is 23.9. The number of hydrogen-bond donors (Lipinski definition) is 1. The lowest BCUT2D eigenvalue weighted by atomic mass is 10.2. The van der Waals surface area contributed by atoms with Crippen molar-refractivity contribution in [1.29, 1.82) is 0 Å². The van der Waals surface area contributed by atoms with E-state index in [0.29, 0.717) is 33.5 Å². The minimum Gasteiger partial charge on any atom is -0.369 e. The van der Waals surface area contributed by atoms with Gasteiger partial charge in [-0.1, -0.05) is 23.7 Å². The van der Waals surface area contributed by atoms with Gasteiger partial charge >= 0.3 is 0 Å². The number of para-hydroxylation sites is 1. The molecule has 35 heavy (non-hydrogen) atoms. The molecule has 3 aromatic heterocycles. The first-order valence-corrected chi connectivity index (χ1v) is 11.8. The molecule has 1 N–H and O–H groups in total. The Labute approximate surface area is 206 Å². The standard InChI is InChI=1S/C25H23ClN8O/c1-31-12-14-32(15-13-31)18-8-6-17(7-9-18)29-24-28-16-19-22(30-24)33-11-10-27-25(33)34(23(19)35)21-5-3-2-4-20(21)26/h2-11,16H,12-15H2,1H3,(H,28,29,30). The van der Waals surface area contributed by atoms with Gasteiger partial charge in [0.2, 0.25) is 11.7 Å². The van der Waals surface area contributed by atoms with Gasteiger partial charge in [-0.15, -0.1) is 0 Å². The zero-order valence-corrected chi connectivity index (χ0v) is 19.9. The first-order chi connectivity index (χ1) is 17.1. The van der Waals surface area contributed by atoms with Gasteiger partial charge in [0, 0.05) is 56.1 Å². The predicted octanol–water partition coefficient (Wildman–Crippen LogP) is 3.58. The predicted molar refractivity (Wildman–Crippen MR) is 138 cm³/mol. The van der Waals surface area contributed by atoms with Gasteiger partial charge in [0.05, 0.1) is 10.7 Å². The number of imidazole rings is 1. The molecule has 0 radical (unpaired) electrons. The number of piperazine rings is 1. The Morgan fingerprint density at radius 2 is 1.74 bits per heavy atom. The number of likely N-dealkylation sites (N-methyl/N-ethyl adjacent to an activating group) is 1. The number of aromatic nitrogens is 5. The van der Waals surface area contributed by atoms with Crippen molar-refractivity contribution < 1.29 is 0 Å². The number of nitrogens with zero attached hydrogens (tertiary/aromatic N) is 7. The summed E-state index contributed by atoms with van der Waals surface area (Å²) in [6.45, 7) is 4.16. The normalized spacial score (nSPS) is 14.6. The van der Waals surface area contributed by atoms with Gasteiger partial charge in [0.15, 0.2) is 5.65 Å². The van der Waals surface area contributed by atoms with Crippen LogP contribution in [0, 0.1) is 0 Å². The van der Waals surface area contributed by atoms with Gasteiger partial charge in [-0.3, -0.25) is 9.20 Å². The first-order valence-electron chi connectivity index (χ1n) is 11.4. The van der Waals surface area contributed by atoms with Crippen molar-refractivity contribution in [3.05, 3.63) is 82.5 Å². The van der Waals surface area contributed by atoms with Gasteiger partial charge in [0.1, 0.15) is 5.39 Å². The Bertz CT molecular complexity index is 1590. The summed E-state index contributed by atoms with van der Waals surface area (Å²) in [5.41, 5.74) is 2.81. The van der Waals surface area contributed by atoms with Crippen LogP contribution in [-0.2, 0) is 0 Å². The average molecular weight is 487 g/mol. The van der Waals surface area contributed by atoms with Gasteiger partial charge in [-0.2, -0.15) is 4.98 Å². The average Bonchev–Trinajstić information content (AvgIpc) is 3.36. The van der Waals surface area contributed by atoms with E-state index in [1.165, 1.54) is 10.3 Å². The van der Waals surface area contributed by atoms with Crippen molar-refractivity contribution in [3.63, 3.8) is 0 Å². The minimum absolute atomic E-state index is 0.283. The van der Waals surface area contributed by atoms with Crippen molar-refractivity contribution in [1.82, 2.24) is 28.8 Å². The summed E-state index contributed by atoms with van der Waals surface area (Å²) in [4.78, 5) is 31.6. The summed E-state index contributed by atoms with van der Waals surface area (Å²) in [6.07, 6.45) is 4.94. The molecule has 0 saturated carbocycles. The number of anilines is 3. The van der Waals surface area contributed by atoms with Crippen LogP contribution in [0.1, 0.15) is 0 Å². The first kappa shape index (κ1) is 21.6. The van der Waals surface area contributed by atoms with E-state index in [9.17, 15) is 4.79 Å². The summed E-state index contributed by atoms with van der Waals surface area (Å²) < 4.78 is 3.25. The van der Waals surface area contributed by atoms with Crippen LogP contribution in [0.3, 0.4) is 0 Å². The summed E-state index contributed by atoms with van der Waals surface area (Å²) in [7, 11) is 2.15. The monoisotopic (exact) mass is 486 g/mol. The summed E-state index contributed by atoms with van der Waals surface area (Å²) in [6, 6.07) is 15.4. The Balaban J connectivity index is 1.35. The topological polar surface area (TPSA) is 83.6 Å². The third kappa shape index (κ3) is 3.88. The fraction of sp³-hybridized carbons (Fsp3) is 0.200. The van der Waals surface area contributed by atoms with Gasteiger partial charge in [0.25, 0.3) is 5.56 Å². The molecule has 1 fully saturated rings. The maximum absolute atomic E-state index is 13.4. The minimum atomic E-state index is -0.283. The molecule has 0 bridgehead atoms. The molecule has 1 aliphatic heterocycles. The Morgan fingerprint density at radius 1 is 0.971 bits per heavy atom. The quantitative estimate of drug-likeness (QED) is 0.415. The molecule has 176 valence electrons. The van der Waals surface area contributed by atoms with Crippen molar-refractivity contribution in [2.24, 2.45) is 0 Å². The van der Waals surface area contributed by atoms with Crippen LogP contribution in [0.2, 0.25) is 5.02 Å². The largest absolute Gasteiger partial charge is 0.369 e. The number of fused-ring (bicyclic) bond motifs is 3. The van der Waals surface area contributed by atoms with Crippen LogP contribution in [0.4, 0.5) is 17.3 Å². The SMILES string of the molecule is CN1CCN(c2ccc(Nc3ncc4c(=O)n(-c5ccccc5Cl)c5nccn5c4n3)cc2)CC1. The summed E-state index contributed by atoms with van der Waals surface area (Å²) in [5.74, 6) is 0.825. The maximum Gasteiger partial charge on any atom is 0.270 e. The molecule has 9 nitrogen and oxygen atoms in total. The molecule has 2 aromatic carbocycles. The molecule has 4 heterocycles. The molecule has 10 heteroatoms. The second-order valence-corrected chi connectivity index (χ2v) is 8.99. The molecule has 0 aliphatic carbocycles. The molecule has 0 unspecified atom stereocenters. The van der Waals surface area contributed by atoms with Crippen LogP contribution < -0.4 is 15.8 Å². The molecule has 1 aliphatic rings. The van der Waals surface area contributed by atoms with Crippen molar-refractivity contribution in [2.75, 3.05) is 43.4 Å². The van der Waals surface area contributed by atoms with Crippen molar-refractivity contribution >= 4 is 45.7 Å². The smallest absolute Gasteiger partial charge is 0.270 e. The molecule has 0 spiro atoms. The van der Waals surface area contributed by atoms with E-state index < -0.39 is 0 Å². The number of hydrogen-bond acceptors (Lipinski definition) is 7. The van der Waals surface area contributed by atoms with E-state index in [-0.39, 0.29) is 5.56 Å². The lowest BCUT2D eigenvalue weighted by Gasteiger charge is -2.34. The molecule has 6 rings (SSSR count). The van der Waals surface area contributed by atoms with Crippen molar-refractivity contribution in [2.45, 2.75) is 0 Å².